The van der Waals surface area contributed by atoms with Crippen molar-refractivity contribution in [3.8, 4) is 11.3 Å². The molecular formula is C20H28N4O. The molecule has 0 amide bonds. The fourth-order valence-electron chi connectivity index (χ4n) is 2.40. The maximum absolute atomic E-state index is 5.35. The Morgan fingerprint density at radius 3 is 2.80 bits per heavy atom. The molecule has 0 radical (unpaired) electrons. The lowest BCUT2D eigenvalue weighted by Gasteiger charge is -2.11. The Bertz CT molecular complexity index is 643. The molecule has 0 spiro atoms. The molecule has 5 nitrogen and oxygen atoms in total. The van der Waals surface area contributed by atoms with Crippen LogP contribution in [0.5, 0.6) is 0 Å². The predicted molar refractivity (Wildman–Crippen MR) is 104 cm³/mol. The van der Waals surface area contributed by atoms with Gasteiger partial charge in [-0.05, 0) is 44.0 Å². The summed E-state index contributed by atoms with van der Waals surface area (Å²) in [6.07, 6.45) is 2.78. The topological polar surface area (TPSA) is 58.5 Å². The lowest BCUT2D eigenvalue weighted by Crippen LogP contribution is -2.38. The molecule has 2 aromatic rings. The molecule has 1 aromatic heterocycles. The molecule has 0 aliphatic carbocycles. The Kier molecular flexibility index (Phi) is 8.49. The highest BCUT2D eigenvalue weighted by atomic mass is 16.5. The minimum Gasteiger partial charge on any atom is -0.382 e. The molecule has 25 heavy (non-hydrogen) atoms. The van der Waals surface area contributed by atoms with Crippen LogP contribution in [0, 0.1) is 0 Å². The second kappa shape index (κ2) is 11.2. The molecular weight excluding hydrogens is 312 g/mol. The summed E-state index contributed by atoms with van der Waals surface area (Å²) in [5, 5.41) is 6.62. The fourth-order valence-corrected chi connectivity index (χ4v) is 2.40. The SMILES string of the molecule is CCNC(=NCc1cccc(-c2ccccn2)c1)NCCCOCC. The van der Waals surface area contributed by atoms with Crippen LogP contribution >= 0.6 is 0 Å². The number of hydrogen-bond donors (Lipinski definition) is 2. The molecule has 0 saturated carbocycles. The van der Waals surface area contributed by atoms with Crippen LogP contribution < -0.4 is 10.6 Å². The van der Waals surface area contributed by atoms with E-state index in [0.717, 1.165) is 55.5 Å². The van der Waals surface area contributed by atoms with Crippen LogP contribution in [0.25, 0.3) is 11.3 Å². The van der Waals surface area contributed by atoms with Crippen molar-refractivity contribution in [3.05, 3.63) is 54.2 Å². The molecule has 134 valence electrons. The number of guanidine groups is 1. The normalized spacial score (nSPS) is 11.4. The van der Waals surface area contributed by atoms with E-state index in [1.807, 2.05) is 31.3 Å². The number of aromatic nitrogens is 1. The predicted octanol–water partition coefficient (Wildman–Crippen LogP) is 3.23. The summed E-state index contributed by atoms with van der Waals surface area (Å²) in [4.78, 5) is 9.08. The van der Waals surface area contributed by atoms with Crippen molar-refractivity contribution in [2.45, 2.75) is 26.8 Å². The molecule has 2 N–H and O–H groups in total. The third-order valence-corrected chi connectivity index (χ3v) is 3.61. The van der Waals surface area contributed by atoms with Crippen LogP contribution in [0.3, 0.4) is 0 Å². The van der Waals surface area contributed by atoms with E-state index in [9.17, 15) is 0 Å². The first-order valence-electron chi connectivity index (χ1n) is 8.93. The number of ether oxygens (including phenoxy) is 1. The van der Waals surface area contributed by atoms with Crippen LogP contribution in [0.2, 0.25) is 0 Å². The molecule has 0 saturated heterocycles. The molecule has 0 unspecified atom stereocenters. The Balaban J connectivity index is 1.95. The van der Waals surface area contributed by atoms with Crippen LogP contribution in [0.1, 0.15) is 25.8 Å². The quantitative estimate of drug-likeness (QED) is 0.418. The Labute approximate surface area is 150 Å². The second-order valence-corrected chi connectivity index (χ2v) is 5.59. The molecule has 0 aliphatic rings. The molecule has 2 rings (SSSR count). The summed E-state index contributed by atoms with van der Waals surface area (Å²) in [6, 6.07) is 14.3. The minimum atomic E-state index is 0.626. The van der Waals surface area contributed by atoms with Gasteiger partial charge in [-0.1, -0.05) is 24.3 Å². The lowest BCUT2D eigenvalue weighted by atomic mass is 10.1. The van der Waals surface area contributed by atoms with Gasteiger partial charge in [0.05, 0.1) is 12.2 Å². The first-order valence-corrected chi connectivity index (χ1v) is 8.93. The summed E-state index contributed by atoms with van der Waals surface area (Å²) in [6.45, 7) is 7.93. The van der Waals surface area contributed by atoms with E-state index < -0.39 is 0 Å². The number of nitrogens with zero attached hydrogens (tertiary/aromatic N) is 2. The van der Waals surface area contributed by atoms with E-state index >= 15 is 0 Å². The maximum Gasteiger partial charge on any atom is 0.191 e. The van der Waals surface area contributed by atoms with Crippen molar-refractivity contribution < 1.29 is 4.74 Å². The monoisotopic (exact) mass is 340 g/mol. The molecule has 1 heterocycles. The average Bonchev–Trinajstić information content (AvgIpc) is 2.67. The molecule has 0 aliphatic heterocycles. The van der Waals surface area contributed by atoms with Crippen molar-refractivity contribution in [1.29, 1.82) is 0 Å². The van der Waals surface area contributed by atoms with E-state index in [4.69, 9.17) is 4.74 Å². The van der Waals surface area contributed by atoms with Gasteiger partial charge in [0.25, 0.3) is 0 Å². The number of nitrogens with one attached hydrogen (secondary N) is 2. The van der Waals surface area contributed by atoms with Gasteiger partial charge in [-0.25, -0.2) is 4.99 Å². The number of hydrogen-bond acceptors (Lipinski definition) is 3. The highest BCUT2D eigenvalue weighted by molar-refractivity contribution is 5.79. The standard InChI is InChI=1S/C20H28N4O/c1-3-21-20(23-13-8-14-25-4-2)24-16-17-9-7-10-18(15-17)19-11-5-6-12-22-19/h5-7,9-12,15H,3-4,8,13-14,16H2,1-2H3,(H2,21,23,24). The lowest BCUT2D eigenvalue weighted by molar-refractivity contribution is 0.145. The third kappa shape index (κ3) is 6.93. The summed E-state index contributed by atoms with van der Waals surface area (Å²) < 4.78 is 5.35. The van der Waals surface area contributed by atoms with Gasteiger partial charge in [-0.15, -0.1) is 0 Å². The van der Waals surface area contributed by atoms with Crippen molar-refractivity contribution in [2.75, 3.05) is 26.3 Å². The van der Waals surface area contributed by atoms with Gasteiger partial charge in [0.15, 0.2) is 5.96 Å². The Hall–Kier alpha value is -2.40. The molecule has 0 atom stereocenters. The van der Waals surface area contributed by atoms with Crippen LogP contribution in [-0.4, -0.2) is 37.2 Å². The van der Waals surface area contributed by atoms with Crippen molar-refractivity contribution in [1.82, 2.24) is 15.6 Å². The van der Waals surface area contributed by atoms with E-state index in [-0.39, 0.29) is 0 Å². The molecule has 1 aromatic carbocycles. The van der Waals surface area contributed by atoms with Crippen molar-refractivity contribution in [3.63, 3.8) is 0 Å². The van der Waals surface area contributed by atoms with Crippen LogP contribution in [0.4, 0.5) is 0 Å². The summed E-state index contributed by atoms with van der Waals surface area (Å²) >= 11 is 0. The number of aliphatic imine (C=N–C) groups is 1. The number of rotatable bonds is 9. The zero-order valence-corrected chi connectivity index (χ0v) is 15.2. The zero-order valence-electron chi connectivity index (χ0n) is 15.2. The average molecular weight is 340 g/mol. The van der Waals surface area contributed by atoms with Gasteiger partial charge in [-0.2, -0.15) is 0 Å². The van der Waals surface area contributed by atoms with Gasteiger partial charge in [0.2, 0.25) is 0 Å². The first-order chi connectivity index (χ1) is 12.3. The van der Waals surface area contributed by atoms with Crippen LogP contribution in [-0.2, 0) is 11.3 Å². The van der Waals surface area contributed by atoms with Crippen molar-refractivity contribution in [2.24, 2.45) is 4.99 Å². The van der Waals surface area contributed by atoms with Gasteiger partial charge >= 0.3 is 0 Å². The summed E-state index contributed by atoms with van der Waals surface area (Å²) in [5.74, 6) is 0.835. The fraction of sp³-hybridized carbons (Fsp3) is 0.400. The van der Waals surface area contributed by atoms with E-state index in [2.05, 4.69) is 51.8 Å². The molecule has 0 fully saturated rings. The second-order valence-electron chi connectivity index (χ2n) is 5.59. The summed E-state index contributed by atoms with van der Waals surface area (Å²) in [5.41, 5.74) is 3.26. The highest BCUT2D eigenvalue weighted by Gasteiger charge is 2.01. The van der Waals surface area contributed by atoms with E-state index in [0.29, 0.717) is 6.54 Å². The Morgan fingerprint density at radius 2 is 2.04 bits per heavy atom. The first kappa shape index (κ1) is 18.9. The van der Waals surface area contributed by atoms with Gasteiger partial charge in [0, 0.05) is 38.1 Å². The molecule has 5 heteroatoms. The van der Waals surface area contributed by atoms with E-state index in [1.165, 1.54) is 0 Å². The summed E-state index contributed by atoms with van der Waals surface area (Å²) in [7, 11) is 0. The number of pyridine rings is 1. The van der Waals surface area contributed by atoms with Crippen LogP contribution in [0.15, 0.2) is 53.7 Å². The Morgan fingerprint density at radius 1 is 1.12 bits per heavy atom. The number of benzene rings is 1. The molecule has 0 bridgehead atoms. The van der Waals surface area contributed by atoms with Gasteiger partial charge < -0.3 is 15.4 Å². The third-order valence-electron chi connectivity index (χ3n) is 3.61. The maximum atomic E-state index is 5.35. The smallest absolute Gasteiger partial charge is 0.191 e. The van der Waals surface area contributed by atoms with E-state index in [1.54, 1.807) is 0 Å². The largest absolute Gasteiger partial charge is 0.382 e. The van der Waals surface area contributed by atoms with Crippen molar-refractivity contribution >= 4 is 5.96 Å². The highest BCUT2D eigenvalue weighted by Crippen LogP contribution is 2.18. The van der Waals surface area contributed by atoms with Gasteiger partial charge in [0.1, 0.15) is 0 Å². The minimum absolute atomic E-state index is 0.626. The zero-order chi connectivity index (χ0) is 17.7. The van der Waals surface area contributed by atoms with Gasteiger partial charge in [-0.3, -0.25) is 4.98 Å².